The topological polar surface area (TPSA) is 0 Å². The molecule has 7 unspecified atom stereocenters. The van der Waals surface area contributed by atoms with Gasteiger partial charge in [0.05, 0.1) is 0 Å². The minimum Gasteiger partial charge on any atom is -0.0847 e. The Balaban J connectivity index is 1.63. The van der Waals surface area contributed by atoms with Gasteiger partial charge in [0, 0.05) is 0 Å². The highest BCUT2D eigenvalue weighted by Gasteiger charge is 2.57. The lowest BCUT2D eigenvalue weighted by Gasteiger charge is -2.61. The second-order valence-corrected chi connectivity index (χ2v) is 9.62. The van der Waals surface area contributed by atoms with Crippen LogP contribution < -0.4 is 0 Å². The summed E-state index contributed by atoms with van der Waals surface area (Å²) in [6.45, 7) is 10.2. The molecule has 7 atom stereocenters. The number of allylic oxidation sites excluding steroid dienone is 2. The summed E-state index contributed by atoms with van der Waals surface area (Å²) in [6, 6.07) is 0. The van der Waals surface area contributed by atoms with E-state index in [-0.39, 0.29) is 0 Å². The van der Waals surface area contributed by atoms with E-state index in [1.807, 2.05) is 0 Å². The number of fused-ring (bicyclic) bond motifs is 5. The first-order valence-electron chi connectivity index (χ1n) is 9.62. The molecule has 0 aliphatic heterocycles. The summed E-state index contributed by atoms with van der Waals surface area (Å²) in [5, 5.41) is 0. The molecule has 0 heteroatoms. The van der Waals surface area contributed by atoms with Gasteiger partial charge in [-0.1, -0.05) is 38.8 Å². The minimum absolute atomic E-state index is 0.562. The second kappa shape index (κ2) is 4.62. The summed E-state index contributed by atoms with van der Waals surface area (Å²) in [4.78, 5) is 0. The van der Waals surface area contributed by atoms with Crippen LogP contribution in [0.1, 0.15) is 79.1 Å². The van der Waals surface area contributed by atoms with E-state index in [0.29, 0.717) is 10.8 Å². The summed E-state index contributed by atoms with van der Waals surface area (Å²) < 4.78 is 0. The molecule has 21 heavy (non-hydrogen) atoms. The average Bonchev–Trinajstić information content (AvgIpc) is 2.76. The van der Waals surface area contributed by atoms with Gasteiger partial charge in [-0.2, -0.15) is 0 Å². The molecule has 4 aliphatic rings. The standard InChI is InChI=1S/C21H34/c1-14-9-11-21(4)16(13-14)6-7-17-18-8-5-15(2)20(18,3)12-10-19(17)21/h5,14,16-19H,6-13H2,1-4H3. The fourth-order valence-electron chi connectivity index (χ4n) is 7.25. The van der Waals surface area contributed by atoms with Crippen LogP contribution in [0.2, 0.25) is 0 Å². The molecular formula is C21H34. The molecule has 0 aromatic heterocycles. The molecule has 118 valence electrons. The van der Waals surface area contributed by atoms with Crippen LogP contribution in [0, 0.1) is 40.4 Å². The van der Waals surface area contributed by atoms with E-state index in [1.54, 1.807) is 12.0 Å². The van der Waals surface area contributed by atoms with Crippen LogP contribution in [-0.2, 0) is 0 Å². The first-order chi connectivity index (χ1) is 9.95. The number of hydrogen-bond acceptors (Lipinski definition) is 0. The Morgan fingerprint density at radius 3 is 2.62 bits per heavy atom. The third-order valence-electron chi connectivity index (χ3n) is 8.90. The van der Waals surface area contributed by atoms with Crippen LogP contribution in [0.5, 0.6) is 0 Å². The predicted molar refractivity (Wildman–Crippen MR) is 90.0 cm³/mol. The molecule has 0 heterocycles. The van der Waals surface area contributed by atoms with Gasteiger partial charge >= 0.3 is 0 Å². The monoisotopic (exact) mass is 286 g/mol. The maximum atomic E-state index is 2.69. The van der Waals surface area contributed by atoms with E-state index >= 15 is 0 Å². The predicted octanol–water partition coefficient (Wildman–Crippen LogP) is 6.22. The highest BCUT2D eigenvalue weighted by molar-refractivity contribution is 5.23. The summed E-state index contributed by atoms with van der Waals surface area (Å²) in [5.41, 5.74) is 2.97. The normalized spacial score (nSPS) is 56.2. The molecule has 0 saturated heterocycles. The van der Waals surface area contributed by atoms with E-state index in [9.17, 15) is 0 Å². The SMILES string of the molecule is CC1=CCC2C3CCC4CC(C)CCC4(C)C3CCC12C. The van der Waals surface area contributed by atoms with Crippen molar-refractivity contribution >= 4 is 0 Å². The molecule has 0 spiro atoms. The number of hydrogen-bond donors (Lipinski definition) is 0. The Hall–Kier alpha value is -0.260. The van der Waals surface area contributed by atoms with Crippen molar-refractivity contribution in [1.82, 2.24) is 0 Å². The third-order valence-corrected chi connectivity index (χ3v) is 8.90. The Labute approximate surface area is 131 Å². The maximum Gasteiger partial charge on any atom is -0.00851 e. The Bertz CT molecular complexity index is 461. The zero-order chi connectivity index (χ0) is 14.8. The van der Waals surface area contributed by atoms with Crippen LogP contribution in [0.25, 0.3) is 0 Å². The van der Waals surface area contributed by atoms with Gasteiger partial charge in [-0.25, -0.2) is 0 Å². The van der Waals surface area contributed by atoms with Crippen LogP contribution in [0.15, 0.2) is 11.6 Å². The fourth-order valence-corrected chi connectivity index (χ4v) is 7.25. The average molecular weight is 287 g/mol. The molecule has 0 amide bonds. The Kier molecular flexibility index (Phi) is 3.15. The highest BCUT2D eigenvalue weighted by atomic mass is 14.6. The van der Waals surface area contributed by atoms with Crippen LogP contribution in [0.4, 0.5) is 0 Å². The van der Waals surface area contributed by atoms with Crippen LogP contribution in [-0.4, -0.2) is 0 Å². The lowest BCUT2D eigenvalue weighted by Crippen LogP contribution is -2.52. The molecule has 0 aromatic rings. The maximum absolute atomic E-state index is 2.69. The molecule has 0 bridgehead atoms. The molecule has 0 nitrogen and oxygen atoms in total. The molecule has 0 aromatic carbocycles. The van der Waals surface area contributed by atoms with Gasteiger partial charge in [0.2, 0.25) is 0 Å². The summed E-state index contributed by atoms with van der Waals surface area (Å²) in [6.07, 6.45) is 14.6. The van der Waals surface area contributed by atoms with Gasteiger partial charge in [-0.15, -0.1) is 0 Å². The van der Waals surface area contributed by atoms with Gasteiger partial charge in [0.1, 0.15) is 0 Å². The lowest BCUT2D eigenvalue weighted by atomic mass is 9.44. The van der Waals surface area contributed by atoms with E-state index in [1.165, 1.54) is 44.9 Å². The van der Waals surface area contributed by atoms with Gasteiger partial charge in [0.15, 0.2) is 0 Å². The third kappa shape index (κ3) is 1.86. The van der Waals surface area contributed by atoms with E-state index in [2.05, 4.69) is 33.8 Å². The molecule has 0 radical (unpaired) electrons. The first kappa shape index (κ1) is 14.3. The summed E-state index contributed by atoms with van der Waals surface area (Å²) in [5.74, 6) is 5.09. The summed E-state index contributed by atoms with van der Waals surface area (Å²) in [7, 11) is 0. The van der Waals surface area contributed by atoms with Crippen molar-refractivity contribution in [3.8, 4) is 0 Å². The molecule has 4 aliphatic carbocycles. The van der Waals surface area contributed by atoms with E-state index in [4.69, 9.17) is 0 Å². The zero-order valence-corrected chi connectivity index (χ0v) is 14.6. The smallest absolute Gasteiger partial charge is 0.00851 e. The van der Waals surface area contributed by atoms with Crippen molar-refractivity contribution in [3.63, 3.8) is 0 Å². The first-order valence-corrected chi connectivity index (χ1v) is 9.62. The largest absolute Gasteiger partial charge is 0.0847 e. The quantitative estimate of drug-likeness (QED) is 0.464. The van der Waals surface area contributed by atoms with Gasteiger partial charge in [-0.05, 0) is 92.3 Å². The van der Waals surface area contributed by atoms with Gasteiger partial charge < -0.3 is 0 Å². The second-order valence-electron chi connectivity index (χ2n) is 9.62. The summed E-state index contributed by atoms with van der Waals surface area (Å²) >= 11 is 0. The molecule has 3 fully saturated rings. The van der Waals surface area contributed by atoms with Crippen molar-refractivity contribution in [2.24, 2.45) is 40.4 Å². The Morgan fingerprint density at radius 2 is 1.81 bits per heavy atom. The highest BCUT2D eigenvalue weighted by Crippen LogP contribution is 2.66. The molecule has 3 saturated carbocycles. The van der Waals surface area contributed by atoms with Crippen LogP contribution >= 0.6 is 0 Å². The van der Waals surface area contributed by atoms with Crippen molar-refractivity contribution in [1.29, 1.82) is 0 Å². The van der Waals surface area contributed by atoms with Crippen molar-refractivity contribution in [3.05, 3.63) is 11.6 Å². The van der Waals surface area contributed by atoms with Gasteiger partial charge in [0.25, 0.3) is 0 Å². The van der Waals surface area contributed by atoms with Crippen molar-refractivity contribution in [2.75, 3.05) is 0 Å². The van der Waals surface area contributed by atoms with Crippen LogP contribution in [0.3, 0.4) is 0 Å². The number of rotatable bonds is 0. The Morgan fingerprint density at radius 1 is 1.00 bits per heavy atom. The fraction of sp³-hybridized carbons (Fsp3) is 0.905. The van der Waals surface area contributed by atoms with E-state index in [0.717, 1.165) is 29.6 Å². The van der Waals surface area contributed by atoms with Crippen molar-refractivity contribution < 1.29 is 0 Å². The van der Waals surface area contributed by atoms with E-state index < -0.39 is 0 Å². The molecule has 4 rings (SSSR count). The molecular weight excluding hydrogens is 252 g/mol. The van der Waals surface area contributed by atoms with Crippen molar-refractivity contribution in [2.45, 2.75) is 79.1 Å². The minimum atomic E-state index is 0.562. The zero-order valence-electron chi connectivity index (χ0n) is 14.6. The van der Waals surface area contributed by atoms with Gasteiger partial charge in [-0.3, -0.25) is 0 Å². The molecule has 0 N–H and O–H groups in total. The lowest BCUT2D eigenvalue weighted by molar-refractivity contribution is -0.106.